The lowest BCUT2D eigenvalue weighted by molar-refractivity contribution is -0.139. The van der Waals surface area contributed by atoms with Gasteiger partial charge in [0.1, 0.15) is 0 Å². The highest BCUT2D eigenvalue weighted by Gasteiger charge is 2.02. The molecule has 0 fully saturated rings. The molecule has 0 heterocycles. The van der Waals surface area contributed by atoms with Crippen molar-refractivity contribution in [3.05, 3.63) is 54.1 Å². The number of hydrogen-bond acceptors (Lipinski definition) is 2. The van der Waals surface area contributed by atoms with Gasteiger partial charge in [0.25, 0.3) is 0 Å². The predicted octanol–water partition coefficient (Wildman–Crippen LogP) is 4.63. The summed E-state index contributed by atoms with van der Waals surface area (Å²) in [5.74, 6) is -0.194. The Bertz CT molecular complexity index is 391. The van der Waals surface area contributed by atoms with Gasteiger partial charge in [-0.3, -0.25) is 0 Å². The first-order valence-electron chi connectivity index (χ1n) is 6.63. The molecule has 0 radical (unpaired) electrons. The molecule has 0 aromatic heterocycles. The highest BCUT2D eigenvalue weighted by Crippen LogP contribution is 1.98. The summed E-state index contributed by atoms with van der Waals surface area (Å²) >= 11 is 0. The van der Waals surface area contributed by atoms with Crippen molar-refractivity contribution in [2.24, 2.45) is 0 Å². The molecule has 104 valence electrons. The fourth-order valence-electron chi connectivity index (χ4n) is 1.13. The van der Waals surface area contributed by atoms with Crippen LogP contribution in [0.4, 0.5) is 0 Å². The van der Waals surface area contributed by atoms with E-state index in [-0.39, 0.29) is 5.97 Å². The molecule has 1 aromatic rings. The van der Waals surface area contributed by atoms with Gasteiger partial charge in [0.15, 0.2) is 0 Å². The van der Waals surface area contributed by atoms with Crippen molar-refractivity contribution in [2.45, 2.75) is 33.6 Å². The van der Waals surface area contributed by atoms with Gasteiger partial charge in [0.05, 0.1) is 6.61 Å². The Hall–Kier alpha value is -1.83. The van der Waals surface area contributed by atoms with Crippen LogP contribution >= 0.6 is 0 Å². The van der Waals surface area contributed by atoms with Crippen molar-refractivity contribution in [2.75, 3.05) is 6.61 Å². The average Bonchev–Trinajstić information content (AvgIpc) is 2.48. The van der Waals surface area contributed by atoms with Gasteiger partial charge in [0.2, 0.25) is 0 Å². The summed E-state index contributed by atoms with van der Waals surface area (Å²) < 4.78 is 4.93. The van der Waals surface area contributed by atoms with Crippen molar-refractivity contribution in [3.63, 3.8) is 0 Å². The summed E-state index contributed by atoms with van der Waals surface area (Å²) in [4.78, 5) is 11.0. The van der Waals surface area contributed by atoms with Gasteiger partial charge < -0.3 is 4.74 Å². The van der Waals surface area contributed by atoms with Crippen LogP contribution < -0.4 is 0 Å². The maximum Gasteiger partial charge on any atom is 0.333 e. The first-order chi connectivity index (χ1) is 9.15. The lowest BCUT2D eigenvalue weighted by Crippen LogP contribution is -2.06. The Kier molecular flexibility index (Phi) is 10.2. The van der Waals surface area contributed by atoms with Gasteiger partial charge in [-0.1, -0.05) is 62.4 Å². The fraction of sp³-hybridized carbons (Fsp3) is 0.353. The van der Waals surface area contributed by atoms with Gasteiger partial charge in [0, 0.05) is 5.57 Å². The molecule has 0 saturated carbocycles. The van der Waals surface area contributed by atoms with Crippen molar-refractivity contribution in [1.82, 2.24) is 0 Å². The number of unbranched alkanes of at least 4 members (excludes halogenated alkanes) is 1. The van der Waals surface area contributed by atoms with Gasteiger partial charge in [-0.15, -0.1) is 0 Å². The SMILES string of the molecule is C=Cc1ccccc1.CC=C(C)C(=O)OCCCC. The van der Waals surface area contributed by atoms with E-state index in [1.165, 1.54) is 5.56 Å². The quantitative estimate of drug-likeness (QED) is 0.438. The van der Waals surface area contributed by atoms with Gasteiger partial charge in [-0.05, 0) is 25.8 Å². The third kappa shape index (κ3) is 8.83. The molecule has 1 rings (SSSR count). The van der Waals surface area contributed by atoms with E-state index in [1.807, 2.05) is 43.3 Å². The minimum Gasteiger partial charge on any atom is -0.462 e. The second-order valence-electron chi connectivity index (χ2n) is 4.08. The van der Waals surface area contributed by atoms with Crippen LogP contribution in [0.2, 0.25) is 0 Å². The van der Waals surface area contributed by atoms with E-state index in [4.69, 9.17) is 4.74 Å². The minimum absolute atomic E-state index is 0.194. The van der Waals surface area contributed by atoms with Crippen molar-refractivity contribution < 1.29 is 9.53 Å². The van der Waals surface area contributed by atoms with E-state index in [0.717, 1.165) is 12.8 Å². The first-order valence-corrected chi connectivity index (χ1v) is 6.63. The molecule has 0 saturated heterocycles. The van der Waals surface area contributed by atoms with Crippen LogP contribution in [0.25, 0.3) is 6.08 Å². The average molecular weight is 260 g/mol. The zero-order valence-electron chi connectivity index (χ0n) is 12.2. The molecule has 0 unspecified atom stereocenters. The van der Waals surface area contributed by atoms with E-state index in [0.29, 0.717) is 12.2 Å². The molecule has 0 aliphatic heterocycles. The largest absolute Gasteiger partial charge is 0.462 e. The topological polar surface area (TPSA) is 26.3 Å². The van der Waals surface area contributed by atoms with Gasteiger partial charge in [-0.25, -0.2) is 4.79 Å². The van der Waals surface area contributed by atoms with Crippen molar-refractivity contribution in [1.29, 1.82) is 0 Å². The number of allylic oxidation sites excluding steroid dienone is 1. The summed E-state index contributed by atoms with van der Waals surface area (Å²) in [5.41, 5.74) is 1.86. The van der Waals surface area contributed by atoms with Gasteiger partial charge >= 0.3 is 5.97 Å². The number of carbonyl (C=O) groups is 1. The van der Waals surface area contributed by atoms with Crippen LogP contribution in [0, 0.1) is 0 Å². The molecule has 0 bridgehead atoms. The highest BCUT2D eigenvalue weighted by atomic mass is 16.5. The van der Waals surface area contributed by atoms with Crippen LogP contribution in [0.3, 0.4) is 0 Å². The minimum atomic E-state index is -0.194. The van der Waals surface area contributed by atoms with Gasteiger partial charge in [-0.2, -0.15) is 0 Å². The summed E-state index contributed by atoms with van der Waals surface area (Å²) in [7, 11) is 0. The number of rotatable bonds is 5. The van der Waals surface area contributed by atoms with Crippen molar-refractivity contribution >= 4 is 12.0 Å². The predicted molar refractivity (Wildman–Crippen MR) is 81.8 cm³/mol. The lowest BCUT2D eigenvalue weighted by Gasteiger charge is -2.02. The van der Waals surface area contributed by atoms with Crippen LogP contribution in [-0.2, 0) is 9.53 Å². The molecular weight excluding hydrogens is 236 g/mol. The molecule has 19 heavy (non-hydrogen) atoms. The van der Waals surface area contributed by atoms with E-state index >= 15 is 0 Å². The molecule has 0 aliphatic rings. The zero-order chi connectivity index (χ0) is 14.5. The summed E-state index contributed by atoms with van der Waals surface area (Å²) in [6.07, 6.45) is 5.60. The Morgan fingerprint density at radius 3 is 2.37 bits per heavy atom. The third-order valence-corrected chi connectivity index (χ3v) is 2.52. The molecule has 1 aromatic carbocycles. The van der Waals surface area contributed by atoms with E-state index < -0.39 is 0 Å². The Morgan fingerprint density at radius 1 is 1.32 bits per heavy atom. The maximum absolute atomic E-state index is 11.0. The fourth-order valence-corrected chi connectivity index (χ4v) is 1.13. The molecule has 0 spiro atoms. The molecule has 0 aliphatic carbocycles. The number of benzene rings is 1. The third-order valence-electron chi connectivity index (χ3n) is 2.52. The highest BCUT2D eigenvalue weighted by molar-refractivity contribution is 5.87. The molecular formula is C17H24O2. The zero-order valence-corrected chi connectivity index (χ0v) is 12.2. The second-order valence-corrected chi connectivity index (χ2v) is 4.08. The van der Waals surface area contributed by atoms with Crippen LogP contribution in [0.15, 0.2) is 48.6 Å². The molecule has 0 N–H and O–H groups in total. The molecule has 0 atom stereocenters. The number of carbonyl (C=O) groups excluding carboxylic acids is 1. The monoisotopic (exact) mass is 260 g/mol. The lowest BCUT2D eigenvalue weighted by atomic mass is 10.2. The van der Waals surface area contributed by atoms with Crippen molar-refractivity contribution in [3.8, 4) is 0 Å². The Labute approximate surface area is 116 Å². The van der Waals surface area contributed by atoms with E-state index in [2.05, 4.69) is 13.5 Å². The summed E-state index contributed by atoms with van der Waals surface area (Å²) in [6.45, 7) is 9.83. The van der Waals surface area contributed by atoms with Crippen LogP contribution in [0.5, 0.6) is 0 Å². The molecule has 2 heteroatoms. The maximum atomic E-state index is 11.0. The second kappa shape index (κ2) is 11.3. The van der Waals surface area contributed by atoms with Crippen LogP contribution in [0.1, 0.15) is 39.2 Å². The number of ether oxygens (including phenoxy) is 1. The Balaban J connectivity index is 0.000000356. The van der Waals surface area contributed by atoms with E-state index in [1.54, 1.807) is 13.0 Å². The Morgan fingerprint density at radius 2 is 1.95 bits per heavy atom. The summed E-state index contributed by atoms with van der Waals surface area (Å²) in [6, 6.07) is 10.0. The van der Waals surface area contributed by atoms with Crippen LogP contribution in [-0.4, -0.2) is 12.6 Å². The van der Waals surface area contributed by atoms with E-state index in [9.17, 15) is 4.79 Å². The standard InChI is InChI=1S/C9H16O2.C8H8/c1-4-6-7-11-9(10)8(3)5-2;1-2-8-6-4-3-5-7-8/h5H,4,6-7H2,1-3H3;2-7H,1H2. The first kappa shape index (κ1) is 17.2. The summed E-state index contributed by atoms with van der Waals surface area (Å²) in [5, 5.41) is 0. The molecule has 0 amide bonds. The number of esters is 1. The number of hydrogen-bond donors (Lipinski definition) is 0. The smallest absolute Gasteiger partial charge is 0.333 e. The molecule has 2 nitrogen and oxygen atoms in total. The normalized spacial score (nSPS) is 10.2.